The first kappa shape index (κ1) is 22.8. The van der Waals surface area contributed by atoms with Gasteiger partial charge in [-0.15, -0.1) is 0 Å². The van der Waals surface area contributed by atoms with Crippen molar-refractivity contribution >= 4 is 27.1 Å². The minimum atomic E-state index is -1.35. The summed E-state index contributed by atoms with van der Waals surface area (Å²) in [5.41, 5.74) is 2.47. The minimum absolute atomic E-state index is 0.0461. The van der Waals surface area contributed by atoms with Crippen molar-refractivity contribution in [3.05, 3.63) is 45.7 Å². The molecule has 1 aromatic heterocycles. The van der Waals surface area contributed by atoms with Gasteiger partial charge in [0.15, 0.2) is 0 Å². The van der Waals surface area contributed by atoms with Crippen LogP contribution in [0.5, 0.6) is 5.75 Å². The fraction of sp³-hybridized carbons (Fsp3) is 0.500. The van der Waals surface area contributed by atoms with Crippen LogP contribution in [0.15, 0.2) is 28.7 Å². The van der Waals surface area contributed by atoms with E-state index in [0.717, 1.165) is 27.8 Å². The van der Waals surface area contributed by atoms with Crippen molar-refractivity contribution in [1.29, 1.82) is 0 Å². The lowest BCUT2D eigenvalue weighted by Crippen LogP contribution is -2.24. The van der Waals surface area contributed by atoms with Gasteiger partial charge in [0.05, 0.1) is 29.1 Å². The van der Waals surface area contributed by atoms with E-state index in [1.807, 2.05) is 45.0 Å². The molecule has 2 rings (SSSR count). The van der Waals surface area contributed by atoms with Gasteiger partial charge in [-0.05, 0) is 41.8 Å². The van der Waals surface area contributed by atoms with Gasteiger partial charge in [0, 0.05) is 19.7 Å². The van der Waals surface area contributed by atoms with Gasteiger partial charge in [-0.3, -0.25) is 0 Å². The zero-order chi connectivity index (χ0) is 19.7. The van der Waals surface area contributed by atoms with Crippen molar-refractivity contribution in [1.82, 2.24) is 13.5 Å². The topological polar surface area (TPSA) is 67.6 Å². The van der Waals surface area contributed by atoms with Crippen LogP contribution in [0.3, 0.4) is 0 Å². The van der Waals surface area contributed by atoms with Gasteiger partial charge in [-0.2, -0.15) is 9.19 Å². The Morgan fingerprint density at radius 3 is 2.58 bits per heavy atom. The van der Waals surface area contributed by atoms with Crippen LogP contribution in [0.4, 0.5) is 0 Å². The molecule has 146 valence electrons. The van der Waals surface area contributed by atoms with E-state index in [0.29, 0.717) is 18.8 Å². The van der Waals surface area contributed by atoms with Crippen molar-refractivity contribution in [3.63, 3.8) is 0 Å². The van der Waals surface area contributed by atoms with E-state index in [1.54, 1.807) is 22.5 Å². The summed E-state index contributed by atoms with van der Waals surface area (Å²) in [6, 6.07) is 7.43. The molecule has 2 aromatic rings. The molecule has 1 atom stereocenters. The second-order valence-corrected chi connectivity index (χ2v) is 7.81. The molecule has 0 aliphatic rings. The van der Waals surface area contributed by atoms with Crippen LogP contribution in [-0.2, 0) is 24.2 Å². The van der Waals surface area contributed by atoms with E-state index >= 15 is 0 Å². The summed E-state index contributed by atoms with van der Waals surface area (Å²) in [6.07, 6.45) is 1.43. The number of para-hydroxylation sites is 1. The molecule has 26 heavy (non-hydrogen) atoms. The molecule has 1 heterocycles. The third-order valence-electron chi connectivity index (χ3n) is 3.46. The zero-order valence-corrected chi connectivity index (χ0v) is 18.4. The fourth-order valence-corrected chi connectivity index (χ4v) is 3.66. The highest BCUT2D eigenvalue weighted by molar-refractivity contribution is 9.10. The van der Waals surface area contributed by atoms with Crippen molar-refractivity contribution < 1.29 is 14.1 Å². The first-order chi connectivity index (χ1) is 12.5. The maximum absolute atomic E-state index is 12.3. The Hall–Kier alpha value is -1.22. The largest absolute Gasteiger partial charge is 0.493 e. The summed E-state index contributed by atoms with van der Waals surface area (Å²) in [7, 11) is 3.50. The maximum atomic E-state index is 12.3. The first-order valence-corrected chi connectivity index (χ1v) is 10.5. The van der Waals surface area contributed by atoms with Crippen LogP contribution >= 0.6 is 15.9 Å². The highest BCUT2D eigenvalue weighted by Crippen LogP contribution is 2.24. The van der Waals surface area contributed by atoms with Crippen LogP contribution in [0.25, 0.3) is 0 Å². The molecule has 0 amide bonds. The number of halogens is 1. The normalized spacial score (nSPS) is 11.8. The number of nitrogens with zero attached hydrogens (tertiary/aromatic N) is 3. The summed E-state index contributed by atoms with van der Waals surface area (Å²) >= 11 is 2.18. The standard InChI is InChI=1S/C16H22BrN3O3S.C2H6/c1-12-16(17)14(20(18-12)24(22)19(2)3)8-6-10-23-15-9-5-4-7-13(15)11-21;1-2/h4-5,7,9,21H,6,8,10-11H2,1-3H3;1-2H3. The van der Waals surface area contributed by atoms with E-state index in [-0.39, 0.29) is 6.61 Å². The predicted molar refractivity (Wildman–Crippen MR) is 109 cm³/mol. The highest BCUT2D eigenvalue weighted by Gasteiger charge is 2.18. The molecule has 0 saturated heterocycles. The third kappa shape index (κ3) is 5.90. The Balaban J connectivity index is 0.00000163. The summed E-state index contributed by atoms with van der Waals surface area (Å²) in [4.78, 5) is 0. The van der Waals surface area contributed by atoms with Crippen molar-refractivity contribution in [2.24, 2.45) is 0 Å². The van der Waals surface area contributed by atoms with Crippen LogP contribution in [0, 0.1) is 6.92 Å². The molecule has 8 heteroatoms. The molecule has 6 nitrogen and oxygen atoms in total. The molecule has 0 saturated carbocycles. The zero-order valence-electron chi connectivity index (χ0n) is 16.0. The number of rotatable bonds is 8. The molecule has 0 fully saturated rings. The van der Waals surface area contributed by atoms with E-state index in [4.69, 9.17) is 4.74 Å². The van der Waals surface area contributed by atoms with Gasteiger partial charge in [0.25, 0.3) is 0 Å². The SMILES string of the molecule is CC.Cc1nn(S(=O)N(C)C)c(CCCOc2ccccc2CO)c1Br. The number of aliphatic hydroxyl groups is 1. The smallest absolute Gasteiger partial charge is 0.219 e. The number of benzene rings is 1. The minimum Gasteiger partial charge on any atom is -0.493 e. The van der Waals surface area contributed by atoms with Gasteiger partial charge in [0.2, 0.25) is 11.2 Å². The van der Waals surface area contributed by atoms with Crippen LogP contribution in [-0.4, -0.2) is 43.5 Å². The number of ether oxygens (including phenoxy) is 1. The van der Waals surface area contributed by atoms with Crippen molar-refractivity contribution in [2.75, 3.05) is 20.7 Å². The number of aromatic nitrogens is 2. The summed E-state index contributed by atoms with van der Waals surface area (Å²) < 4.78 is 22.1. The second kappa shape index (κ2) is 11.5. The lowest BCUT2D eigenvalue weighted by atomic mass is 10.2. The molecule has 0 aliphatic carbocycles. The highest BCUT2D eigenvalue weighted by atomic mass is 79.9. The van der Waals surface area contributed by atoms with Crippen LogP contribution in [0.1, 0.15) is 37.2 Å². The third-order valence-corrected chi connectivity index (χ3v) is 5.72. The lowest BCUT2D eigenvalue weighted by molar-refractivity contribution is 0.261. The van der Waals surface area contributed by atoms with Crippen molar-refractivity contribution in [3.8, 4) is 5.75 Å². The van der Waals surface area contributed by atoms with E-state index in [9.17, 15) is 9.32 Å². The van der Waals surface area contributed by atoms with E-state index in [2.05, 4.69) is 21.0 Å². The molecule has 0 spiro atoms. The van der Waals surface area contributed by atoms with Crippen molar-refractivity contribution in [2.45, 2.75) is 40.2 Å². The Labute approximate surface area is 167 Å². The van der Waals surface area contributed by atoms with Crippen LogP contribution < -0.4 is 4.74 Å². The van der Waals surface area contributed by atoms with Gasteiger partial charge in [0.1, 0.15) is 5.75 Å². The van der Waals surface area contributed by atoms with Crippen LogP contribution in [0.2, 0.25) is 0 Å². The summed E-state index contributed by atoms with van der Waals surface area (Å²) in [5, 5.41) is 13.7. The monoisotopic (exact) mass is 445 g/mol. The average Bonchev–Trinajstić information content (AvgIpc) is 2.94. The first-order valence-electron chi connectivity index (χ1n) is 8.61. The number of aryl methyl sites for hydroxylation is 1. The Morgan fingerprint density at radius 2 is 1.96 bits per heavy atom. The molecule has 0 bridgehead atoms. The summed E-state index contributed by atoms with van der Waals surface area (Å²) in [5.74, 6) is 0.695. The number of aliphatic hydroxyl groups excluding tert-OH is 1. The van der Waals surface area contributed by atoms with Gasteiger partial charge >= 0.3 is 0 Å². The second-order valence-electron chi connectivity index (χ2n) is 5.48. The fourth-order valence-electron chi connectivity index (χ4n) is 2.22. The van der Waals surface area contributed by atoms with Gasteiger partial charge in [-0.1, -0.05) is 32.0 Å². The Kier molecular flexibility index (Phi) is 10.1. The quantitative estimate of drug-likeness (QED) is 0.631. The number of hydrogen-bond donors (Lipinski definition) is 1. The molecule has 0 radical (unpaired) electrons. The Bertz CT molecular complexity index is 720. The molecular formula is C18H28BrN3O3S. The van der Waals surface area contributed by atoms with Gasteiger partial charge in [-0.25, -0.2) is 8.51 Å². The molecule has 1 unspecified atom stereocenters. The predicted octanol–water partition coefficient (Wildman–Crippen LogP) is 3.47. The molecule has 0 aliphatic heterocycles. The average molecular weight is 446 g/mol. The molecule has 1 N–H and O–H groups in total. The lowest BCUT2D eigenvalue weighted by Gasteiger charge is -2.13. The van der Waals surface area contributed by atoms with Gasteiger partial charge < -0.3 is 9.84 Å². The Morgan fingerprint density at radius 1 is 1.31 bits per heavy atom. The summed E-state index contributed by atoms with van der Waals surface area (Å²) in [6.45, 7) is 6.34. The molecule has 1 aromatic carbocycles. The maximum Gasteiger partial charge on any atom is 0.219 e. The molecular weight excluding hydrogens is 418 g/mol. The van der Waals surface area contributed by atoms with E-state index < -0.39 is 11.2 Å². The van der Waals surface area contributed by atoms with E-state index in [1.165, 1.54) is 0 Å². The number of hydrogen-bond acceptors (Lipinski definition) is 4.